The fourth-order valence-electron chi connectivity index (χ4n) is 4.92. The predicted molar refractivity (Wildman–Crippen MR) is 144 cm³/mol. The van der Waals surface area contributed by atoms with Crippen LogP contribution in [0.5, 0.6) is 0 Å². The van der Waals surface area contributed by atoms with E-state index in [1.54, 1.807) is 17.6 Å². The molecule has 3 heterocycles. The van der Waals surface area contributed by atoms with Gasteiger partial charge < -0.3 is 15.2 Å². The molecule has 7 nitrogen and oxygen atoms in total. The Balaban J connectivity index is 1.64. The van der Waals surface area contributed by atoms with Gasteiger partial charge in [0.1, 0.15) is 5.82 Å². The Labute approximate surface area is 225 Å². The van der Waals surface area contributed by atoms with Gasteiger partial charge in [-0.15, -0.1) is 11.3 Å². The van der Waals surface area contributed by atoms with E-state index < -0.39 is 34.6 Å². The number of hydrogen-bond donors (Lipinski definition) is 2. The van der Waals surface area contributed by atoms with E-state index in [1.165, 1.54) is 23.5 Å². The maximum absolute atomic E-state index is 15.7. The van der Waals surface area contributed by atoms with Gasteiger partial charge in [0.25, 0.3) is 5.91 Å². The van der Waals surface area contributed by atoms with Crippen molar-refractivity contribution < 1.29 is 22.4 Å². The van der Waals surface area contributed by atoms with Crippen LogP contribution in [0, 0.1) is 5.82 Å². The zero-order valence-corrected chi connectivity index (χ0v) is 22.1. The molecule has 1 saturated heterocycles. The molecule has 0 bridgehead atoms. The van der Waals surface area contributed by atoms with Crippen molar-refractivity contribution in [2.24, 2.45) is 0 Å². The van der Waals surface area contributed by atoms with Gasteiger partial charge in [-0.25, -0.2) is 9.37 Å². The molecule has 2 atom stereocenters. The Hall–Kier alpha value is -3.77. The zero-order valence-electron chi connectivity index (χ0n) is 21.3. The lowest BCUT2D eigenvalue weighted by Gasteiger charge is -2.44. The van der Waals surface area contributed by atoms with Gasteiger partial charge >= 0.3 is 6.18 Å². The fourth-order valence-corrected chi connectivity index (χ4v) is 5.62. The minimum atomic E-state index is -4.93. The summed E-state index contributed by atoms with van der Waals surface area (Å²) in [5.41, 5.74) is 0.264. The molecule has 0 radical (unpaired) electrons. The Morgan fingerprint density at radius 3 is 2.54 bits per heavy atom. The molecule has 39 heavy (non-hydrogen) atoms. The summed E-state index contributed by atoms with van der Waals surface area (Å²) in [7, 11) is 1.99. The standard InChI is InChI=1S/C27H25F4N5O2S/c1-14-11-36(12-15(2)35(14)3)22-9-20(28)17(16-5-4-6-23-25(16)33-13-39-23)7-21(22)34-26(38)18-10-32-24(37)8-19(18)27(29,30)31/h4-10,13-15H,11-12H2,1-3H3,(H,32,37)(H,34,38). The summed E-state index contributed by atoms with van der Waals surface area (Å²) < 4.78 is 57.6. The first kappa shape index (κ1) is 26.8. The van der Waals surface area contributed by atoms with Gasteiger partial charge in [0.15, 0.2) is 0 Å². The van der Waals surface area contributed by atoms with Crippen LogP contribution in [0.1, 0.15) is 29.8 Å². The molecule has 0 aliphatic carbocycles. The number of fused-ring (bicyclic) bond motifs is 1. The summed E-state index contributed by atoms with van der Waals surface area (Å²) >= 11 is 1.39. The number of likely N-dealkylation sites (N-methyl/N-ethyl adjacent to an activating group) is 1. The second kappa shape index (κ2) is 10.1. The molecule has 0 spiro atoms. The number of nitrogens with one attached hydrogen (secondary N) is 2. The van der Waals surface area contributed by atoms with Gasteiger partial charge in [-0.3, -0.25) is 14.5 Å². The quantitative estimate of drug-likeness (QED) is 0.319. The number of alkyl halides is 3. The van der Waals surface area contributed by atoms with E-state index in [0.717, 1.165) is 10.9 Å². The normalized spacial score (nSPS) is 18.5. The third-order valence-electron chi connectivity index (χ3n) is 7.16. The van der Waals surface area contributed by atoms with E-state index in [-0.39, 0.29) is 23.3 Å². The van der Waals surface area contributed by atoms with Gasteiger partial charge in [0.05, 0.1) is 38.2 Å². The number of carbonyl (C=O) groups is 1. The number of aromatic nitrogens is 2. The maximum atomic E-state index is 15.7. The van der Waals surface area contributed by atoms with E-state index in [0.29, 0.717) is 35.9 Å². The van der Waals surface area contributed by atoms with Crippen LogP contribution in [0.3, 0.4) is 0 Å². The molecular formula is C27H25F4N5O2S. The van der Waals surface area contributed by atoms with Crippen molar-refractivity contribution in [3.8, 4) is 11.1 Å². The minimum absolute atomic E-state index is 0.0971. The number of pyridine rings is 1. The van der Waals surface area contributed by atoms with Crippen LogP contribution >= 0.6 is 11.3 Å². The molecule has 1 fully saturated rings. The molecule has 204 valence electrons. The number of aromatic amines is 1. The molecule has 0 saturated carbocycles. The number of carbonyl (C=O) groups excluding carboxylic acids is 1. The number of benzene rings is 2. The monoisotopic (exact) mass is 559 g/mol. The largest absolute Gasteiger partial charge is 0.417 e. The van der Waals surface area contributed by atoms with Crippen LogP contribution < -0.4 is 15.8 Å². The highest BCUT2D eigenvalue weighted by Crippen LogP contribution is 2.39. The number of anilines is 2. The second-order valence-electron chi connectivity index (χ2n) is 9.70. The number of para-hydroxylation sites is 1. The highest BCUT2D eigenvalue weighted by molar-refractivity contribution is 7.16. The van der Waals surface area contributed by atoms with Crippen molar-refractivity contribution in [1.82, 2.24) is 14.9 Å². The van der Waals surface area contributed by atoms with Crippen LogP contribution in [0.25, 0.3) is 21.3 Å². The van der Waals surface area contributed by atoms with E-state index in [2.05, 4.69) is 20.2 Å². The highest BCUT2D eigenvalue weighted by atomic mass is 32.1. The molecule has 1 aliphatic heterocycles. The molecule has 1 aliphatic rings. The van der Waals surface area contributed by atoms with Gasteiger partial charge in [-0.1, -0.05) is 12.1 Å². The van der Waals surface area contributed by atoms with Gasteiger partial charge in [-0.05, 0) is 39.1 Å². The fraction of sp³-hybridized carbons (Fsp3) is 0.296. The summed E-state index contributed by atoms with van der Waals surface area (Å²) in [6, 6.07) is 8.60. The van der Waals surface area contributed by atoms with E-state index in [9.17, 15) is 22.8 Å². The van der Waals surface area contributed by atoms with Crippen LogP contribution in [0.4, 0.5) is 28.9 Å². The predicted octanol–water partition coefficient (Wildman–Crippen LogP) is 5.59. The number of piperazine rings is 1. The number of amides is 1. The van der Waals surface area contributed by atoms with Gasteiger partial charge in [0, 0.05) is 48.6 Å². The lowest BCUT2D eigenvalue weighted by atomic mass is 10.0. The number of rotatable bonds is 4. The number of hydrogen-bond acceptors (Lipinski definition) is 6. The maximum Gasteiger partial charge on any atom is 0.417 e. The number of nitrogens with zero attached hydrogens (tertiary/aromatic N) is 3. The summed E-state index contributed by atoms with van der Waals surface area (Å²) in [5, 5.41) is 2.58. The number of thiazole rings is 1. The molecule has 2 unspecified atom stereocenters. The topological polar surface area (TPSA) is 81.3 Å². The lowest BCUT2D eigenvalue weighted by Crippen LogP contribution is -2.55. The smallest absolute Gasteiger partial charge is 0.367 e. The summed E-state index contributed by atoms with van der Waals surface area (Å²) in [4.78, 5) is 35.4. The van der Waals surface area contributed by atoms with Crippen LogP contribution in [-0.4, -0.2) is 53.0 Å². The summed E-state index contributed by atoms with van der Waals surface area (Å²) in [6.07, 6.45) is -4.19. The van der Waals surface area contributed by atoms with Gasteiger partial charge in [-0.2, -0.15) is 13.2 Å². The van der Waals surface area contributed by atoms with Crippen LogP contribution in [0.15, 0.2) is 52.9 Å². The second-order valence-corrected chi connectivity index (χ2v) is 10.6. The van der Waals surface area contributed by atoms with Crippen molar-refractivity contribution in [2.75, 3.05) is 30.4 Å². The van der Waals surface area contributed by atoms with Crippen molar-refractivity contribution in [1.29, 1.82) is 0 Å². The van der Waals surface area contributed by atoms with Crippen LogP contribution in [0.2, 0.25) is 0 Å². The molecule has 2 aromatic heterocycles. The third-order valence-corrected chi connectivity index (χ3v) is 7.95. The minimum Gasteiger partial charge on any atom is -0.367 e. The SMILES string of the molecule is CC1CN(c2cc(F)c(-c3cccc4scnc34)cc2NC(=O)c2c[nH]c(=O)cc2C(F)(F)F)CC(C)N1C. The average molecular weight is 560 g/mol. The molecular weight excluding hydrogens is 534 g/mol. The van der Waals surface area contributed by atoms with Crippen molar-refractivity contribution in [3.63, 3.8) is 0 Å². The zero-order chi connectivity index (χ0) is 28.1. The first-order chi connectivity index (χ1) is 18.4. The Morgan fingerprint density at radius 1 is 1.13 bits per heavy atom. The average Bonchev–Trinajstić information content (AvgIpc) is 3.36. The summed E-state index contributed by atoms with van der Waals surface area (Å²) in [6.45, 7) is 5.06. The molecule has 1 amide bonds. The molecule has 2 aromatic carbocycles. The Bertz CT molecular complexity index is 1600. The third kappa shape index (κ3) is 5.13. The van der Waals surface area contributed by atoms with Crippen molar-refractivity contribution >= 4 is 38.8 Å². The first-order valence-electron chi connectivity index (χ1n) is 12.2. The van der Waals surface area contributed by atoms with E-state index >= 15 is 4.39 Å². The highest BCUT2D eigenvalue weighted by Gasteiger charge is 2.36. The van der Waals surface area contributed by atoms with Crippen molar-refractivity contribution in [3.05, 3.63) is 75.4 Å². The van der Waals surface area contributed by atoms with Crippen molar-refractivity contribution in [2.45, 2.75) is 32.1 Å². The Kier molecular flexibility index (Phi) is 6.93. The van der Waals surface area contributed by atoms with Gasteiger partial charge in [0.2, 0.25) is 5.56 Å². The Morgan fingerprint density at radius 2 is 1.85 bits per heavy atom. The van der Waals surface area contributed by atoms with Crippen LogP contribution in [-0.2, 0) is 6.18 Å². The lowest BCUT2D eigenvalue weighted by molar-refractivity contribution is -0.138. The first-order valence-corrected chi connectivity index (χ1v) is 13.1. The molecule has 5 rings (SSSR count). The molecule has 4 aromatic rings. The van der Waals surface area contributed by atoms with E-state index in [1.807, 2.05) is 31.9 Å². The number of H-pyrrole nitrogens is 1. The van der Waals surface area contributed by atoms with E-state index in [4.69, 9.17) is 0 Å². The molecule has 2 N–H and O–H groups in total. The number of halogens is 4. The summed E-state index contributed by atoms with van der Waals surface area (Å²) in [5.74, 6) is -1.64. The molecule has 12 heteroatoms.